The fourth-order valence-corrected chi connectivity index (χ4v) is 1.13. The van der Waals surface area contributed by atoms with Crippen LogP contribution in [0.2, 0.25) is 0 Å². The SMILES string of the molecule is CC(=O)NC1=C[C@@H](C(O)CO)O[C@@H]1O. The predicted molar refractivity (Wildman–Crippen MR) is 45.9 cm³/mol. The zero-order valence-electron chi connectivity index (χ0n) is 7.67. The number of hydrogen-bond donors (Lipinski definition) is 4. The standard InChI is InChI=1S/C8H13NO5/c1-4(11)9-5-2-7(6(12)3-10)14-8(5)13/h2,6-8,10,12-13H,3H2,1H3,(H,9,11)/t6?,7-,8-/m0/s1. The molecular weight excluding hydrogens is 190 g/mol. The Balaban J connectivity index is 2.62. The van der Waals surface area contributed by atoms with Gasteiger partial charge in [0, 0.05) is 6.92 Å². The molecule has 0 saturated carbocycles. The van der Waals surface area contributed by atoms with Gasteiger partial charge in [0.1, 0.15) is 12.2 Å². The minimum absolute atomic E-state index is 0.190. The zero-order chi connectivity index (χ0) is 10.7. The van der Waals surface area contributed by atoms with Crippen LogP contribution in [0.25, 0.3) is 0 Å². The Morgan fingerprint density at radius 1 is 1.79 bits per heavy atom. The Bertz CT molecular complexity index is 252. The molecule has 6 nitrogen and oxygen atoms in total. The molecule has 14 heavy (non-hydrogen) atoms. The van der Waals surface area contributed by atoms with E-state index in [4.69, 9.17) is 9.84 Å². The summed E-state index contributed by atoms with van der Waals surface area (Å²) in [4.78, 5) is 10.7. The van der Waals surface area contributed by atoms with Gasteiger partial charge in [-0.3, -0.25) is 4.79 Å². The molecule has 1 aliphatic rings. The molecule has 6 heteroatoms. The average molecular weight is 203 g/mol. The maximum Gasteiger partial charge on any atom is 0.221 e. The molecule has 0 fully saturated rings. The summed E-state index contributed by atoms with van der Waals surface area (Å²) in [5.41, 5.74) is 0.190. The summed E-state index contributed by atoms with van der Waals surface area (Å²) in [7, 11) is 0. The second kappa shape index (κ2) is 4.52. The fraction of sp³-hybridized carbons (Fsp3) is 0.625. The minimum atomic E-state index is -1.26. The summed E-state index contributed by atoms with van der Waals surface area (Å²) in [5, 5.41) is 29.4. The lowest BCUT2D eigenvalue weighted by Gasteiger charge is -2.14. The van der Waals surface area contributed by atoms with Gasteiger partial charge >= 0.3 is 0 Å². The van der Waals surface area contributed by atoms with Crippen LogP contribution in [0.15, 0.2) is 11.8 Å². The van der Waals surface area contributed by atoms with E-state index < -0.39 is 25.1 Å². The van der Waals surface area contributed by atoms with E-state index in [1.54, 1.807) is 0 Å². The van der Waals surface area contributed by atoms with Crippen molar-refractivity contribution in [2.24, 2.45) is 0 Å². The van der Waals surface area contributed by atoms with Gasteiger partial charge in [-0.1, -0.05) is 0 Å². The van der Waals surface area contributed by atoms with Crippen LogP contribution in [0.3, 0.4) is 0 Å². The Labute approximate surface area is 80.8 Å². The van der Waals surface area contributed by atoms with Crippen molar-refractivity contribution in [3.63, 3.8) is 0 Å². The number of rotatable bonds is 3. The molecule has 0 aliphatic carbocycles. The zero-order valence-corrected chi connectivity index (χ0v) is 7.67. The van der Waals surface area contributed by atoms with Crippen LogP contribution >= 0.6 is 0 Å². The summed E-state index contributed by atoms with van der Waals surface area (Å²) in [6, 6.07) is 0. The maximum absolute atomic E-state index is 10.7. The molecule has 1 unspecified atom stereocenters. The molecule has 0 radical (unpaired) electrons. The first-order valence-electron chi connectivity index (χ1n) is 4.16. The minimum Gasteiger partial charge on any atom is -0.394 e. The van der Waals surface area contributed by atoms with E-state index in [1.807, 2.05) is 0 Å². The number of aliphatic hydroxyl groups excluding tert-OH is 3. The Kier molecular flexibility index (Phi) is 3.59. The van der Waals surface area contributed by atoms with Crippen LogP contribution in [0, 0.1) is 0 Å². The van der Waals surface area contributed by atoms with Gasteiger partial charge in [0.25, 0.3) is 0 Å². The number of ether oxygens (including phenoxy) is 1. The van der Waals surface area contributed by atoms with Gasteiger partial charge in [-0.2, -0.15) is 0 Å². The summed E-state index contributed by atoms with van der Waals surface area (Å²) in [6.07, 6.45) is -1.79. The molecule has 1 rings (SSSR count). The molecule has 1 amide bonds. The Morgan fingerprint density at radius 3 is 2.93 bits per heavy atom. The monoisotopic (exact) mass is 203 g/mol. The van der Waals surface area contributed by atoms with Gasteiger partial charge in [-0.15, -0.1) is 0 Å². The summed E-state index contributed by atoms with van der Waals surface area (Å²) < 4.78 is 4.87. The van der Waals surface area contributed by atoms with Gasteiger partial charge < -0.3 is 25.4 Å². The number of amides is 1. The van der Waals surface area contributed by atoms with Crippen molar-refractivity contribution in [3.8, 4) is 0 Å². The first-order valence-corrected chi connectivity index (χ1v) is 4.16. The highest BCUT2D eigenvalue weighted by Gasteiger charge is 2.30. The van der Waals surface area contributed by atoms with Crippen molar-refractivity contribution in [1.29, 1.82) is 0 Å². The topological polar surface area (TPSA) is 99.0 Å². The highest BCUT2D eigenvalue weighted by molar-refractivity contribution is 5.75. The first kappa shape index (κ1) is 11.1. The third kappa shape index (κ3) is 2.52. The summed E-state index contributed by atoms with van der Waals surface area (Å²) in [5.74, 6) is -0.335. The molecule has 0 spiro atoms. The van der Waals surface area contributed by atoms with E-state index >= 15 is 0 Å². The van der Waals surface area contributed by atoms with Crippen molar-refractivity contribution >= 4 is 5.91 Å². The third-order valence-corrected chi connectivity index (χ3v) is 1.78. The fourth-order valence-electron chi connectivity index (χ4n) is 1.13. The molecule has 0 saturated heterocycles. The van der Waals surface area contributed by atoms with Crippen LogP contribution < -0.4 is 5.32 Å². The van der Waals surface area contributed by atoms with Crippen molar-refractivity contribution in [2.75, 3.05) is 6.61 Å². The van der Waals surface area contributed by atoms with Crippen LogP contribution in [-0.2, 0) is 9.53 Å². The highest BCUT2D eigenvalue weighted by atomic mass is 16.6. The molecule has 3 atom stereocenters. The van der Waals surface area contributed by atoms with Gasteiger partial charge in [-0.25, -0.2) is 0 Å². The van der Waals surface area contributed by atoms with Crippen LogP contribution in [-0.4, -0.2) is 46.3 Å². The van der Waals surface area contributed by atoms with Crippen molar-refractivity contribution in [1.82, 2.24) is 5.32 Å². The molecule has 0 aromatic rings. The maximum atomic E-state index is 10.7. The number of nitrogens with one attached hydrogen (secondary N) is 1. The van der Waals surface area contributed by atoms with Gasteiger partial charge in [-0.05, 0) is 6.08 Å². The first-order chi connectivity index (χ1) is 6.54. The normalized spacial score (nSPS) is 28.4. The van der Waals surface area contributed by atoms with E-state index in [0.717, 1.165) is 0 Å². The van der Waals surface area contributed by atoms with Crippen LogP contribution in [0.5, 0.6) is 0 Å². The van der Waals surface area contributed by atoms with Crippen molar-refractivity contribution < 1.29 is 24.9 Å². The van der Waals surface area contributed by atoms with Crippen LogP contribution in [0.4, 0.5) is 0 Å². The lowest BCUT2D eigenvalue weighted by atomic mass is 10.2. The van der Waals surface area contributed by atoms with E-state index in [1.165, 1.54) is 13.0 Å². The Morgan fingerprint density at radius 2 is 2.43 bits per heavy atom. The molecule has 0 aromatic carbocycles. The molecule has 1 aliphatic heterocycles. The number of aliphatic hydroxyl groups is 3. The van der Waals surface area contributed by atoms with Gasteiger partial charge in [0.15, 0.2) is 6.29 Å². The van der Waals surface area contributed by atoms with Gasteiger partial charge in [0.2, 0.25) is 5.91 Å². The van der Waals surface area contributed by atoms with Gasteiger partial charge in [0.05, 0.1) is 12.3 Å². The number of hydrogen-bond acceptors (Lipinski definition) is 5. The summed E-state index contributed by atoms with van der Waals surface area (Å²) >= 11 is 0. The molecule has 4 N–H and O–H groups in total. The number of carbonyl (C=O) groups is 1. The predicted octanol–water partition coefficient (Wildman–Crippen LogP) is -1.92. The Hall–Kier alpha value is -0.950. The van der Waals surface area contributed by atoms with E-state index in [2.05, 4.69) is 5.32 Å². The summed E-state index contributed by atoms with van der Waals surface area (Å²) in [6.45, 7) is 0.824. The second-order valence-corrected chi connectivity index (χ2v) is 3.01. The largest absolute Gasteiger partial charge is 0.394 e. The average Bonchev–Trinajstić information content (AvgIpc) is 2.46. The molecular formula is C8H13NO5. The highest BCUT2D eigenvalue weighted by Crippen LogP contribution is 2.18. The van der Waals surface area contributed by atoms with Crippen molar-refractivity contribution in [2.45, 2.75) is 25.4 Å². The lowest BCUT2D eigenvalue weighted by molar-refractivity contribution is -0.127. The third-order valence-electron chi connectivity index (χ3n) is 1.78. The lowest BCUT2D eigenvalue weighted by Crippen LogP contribution is -2.30. The molecule has 0 aromatic heterocycles. The second-order valence-electron chi connectivity index (χ2n) is 3.01. The van der Waals surface area contributed by atoms with E-state index in [-0.39, 0.29) is 11.6 Å². The number of carbonyl (C=O) groups excluding carboxylic acids is 1. The van der Waals surface area contributed by atoms with E-state index in [9.17, 15) is 15.0 Å². The smallest absolute Gasteiger partial charge is 0.221 e. The van der Waals surface area contributed by atoms with E-state index in [0.29, 0.717) is 0 Å². The quantitative estimate of drug-likeness (QED) is 0.428. The molecule has 80 valence electrons. The molecule has 1 heterocycles. The van der Waals surface area contributed by atoms with Crippen LogP contribution in [0.1, 0.15) is 6.92 Å². The van der Waals surface area contributed by atoms with Crippen molar-refractivity contribution in [3.05, 3.63) is 11.8 Å². The molecule has 0 bridgehead atoms.